The second-order valence-electron chi connectivity index (χ2n) is 12.1. The molecule has 0 N–H and O–H groups in total. The molecule has 192 valence electrons. The van der Waals surface area contributed by atoms with Gasteiger partial charge in [-0.15, -0.1) is 0 Å². The van der Waals surface area contributed by atoms with Crippen LogP contribution in [0, 0.1) is 11.8 Å². The van der Waals surface area contributed by atoms with Crippen LogP contribution in [0.2, 0.25) is 0 Å². The van der Waals surface area contributed by atoms with Crippen LogP contribution in [0.3, 0.4) is 0 Å². The maximum atomic E-state index is 2.44. The Bertz CT molecular complexity index is 813. The van der Waals surface area contributed by atoms with E-state index in [-0.39, 0.29) is 0 Å². The highest BCUT2D eigenvalue weighted by molar-refractivity contribution is 5.29. The van der Waals surface area contributed by atoms with Crippen molar-refractivity contribution in [3.8, 4) is 0 Å². The lowest BCUT2D eigenvalue weighted by Gasteiger charge is -2.29. The average molecular weight is 473 g/mol. The summed E-state index contributed by atoms with van der Waals surface area (Å²) in [5, 5.41) is 0. The normalized spacial score (nSPS) is 25.0. The lowest BCUT2D eigenvalue weighted by atomic mass is 9.77. The molecule has 0 aliphatic heterocycles. The summed E-state index contributed by atoms with van der Waals surface area (Å²) >= 11 is 0. The van der Waals surface area contributed by atoms with Gasteiger partial charge in [0.2, 0.25) is 0 Å². The molecule has 0 radical (unpaired) electrons. The standard InChI is InChI=1S/C35H52/c1-3-5-7-9-29-14-22-33(23-15-29)35-26-18-31(19-27-35)11-10-30-16-24-34(25-17-30)32-20-12-28(13-21-32)8-6-4-2/h16-19,24-29,32-33H,3-15,20-23H2,1-2H3. The van der Waals surface area contributed by atoms with Crippen molar-refractivity contribution in [1.82, 2.24) is 0 Å². The third kappa shape index (κ3) is 8.23. The highest BCUT2D eigenvalue weighted by Crippen LogP contribution is 2.39. The molecule has 0 spiro atoms. The molecular formula is C35H52. The van der Waals surface area contributed by atoms with E-state index in [0.717, 1.165) is 36.5 Å². The molecule has 0 nitrogen and oxygen atoms in total. The second kappa shape index (κ2) is 14.2. The van der Waals surface area contributed by atoms with Crippen molar-refractivity contribution < 1.29 is 0 Å². The molecule has 35 heavy (non-hydrogen) atoms. The van der Waals surface area contributed by atoms with E-state index < -0.39 is 0 Å². The largest absolute Gasteiger partial charge is 0.0654 e. The Balaban J connectivity index is 1.18. The van der Waals surface area contributed by atoms with Crippen LogP contribution in [0.4, 0.5) is 0 Å². The van der Waals surface area contributed by atoms with E-state index in [1.165, 1.54) is 107 Å². The first-order valence-corrected chi connectivity index (χ1v) is 15.4. The minimum atomic E-state index is 0.806. The molecule has 2 aliphatic carbocycles. The van der Waals surface area contributed by atoms with E-state index in [1.807, 2.05) is 0 Å². The monoisotopic (exact) mass is 472 g/mol. The summed E-state index contributed by atoms with van der Waals surface area (Å²) in [5.74, 6) is 3.62. The topological polar surface area (TPSA) is 0 Å². The van der Waals surface area contributed by atoms with Crippen LogP contribution in [-0.2, 0) is 12.8 Å². The molecule has 0 unspecified atom stereocenters. The van der Waals surface area contributed by atoms with Crippen LogP contribution in [0.15, 0.2) is 48.5 Å². The van der Waals surface area contributed by atoms with Crippen LogP contribution in [0.25, 0.3) is 0 Å². The highest BCUT2D eigenvalue weighted by Gasteiger charge is 2.23. The van der Waals surface area contributed by atoms with Crippen LogP contribution >= 0.6 is 0 Å². The molecule has 0 atom stereocenters. The minimum absolute atomic E-state index is 0.806. The van der Waals surface area contributed by atoms with Gasteiger partial charge in [0, 0.05) is 0 Å². The fourth-order valence-corrected chi connectivity index (χ4v) is 6.95. The third-order valence-electron chi connectivity index (χ3n) is 9.48. The highest BCUT2D eigenvalue weighted by atomic mass is 14.3. The van der Waals surface area contributed by atoms with Crippen molar-refractivity contribution >= 4 is 0 Å². The van der Waals surface area contributed by atoms with E-state index in [4.69, 9.17) is 0 Å². The number of benzene rings is 2. The quantitative estimate of drug-likeness (QED) is 0.269. The molecule has 0 amide bonds. The summed E-state index contributed by atoms with van der Waals surface area (Å²) in [7, 11) is 0. The van der Waals surface area contributed by atoms with Gasteiger partial charge in [-0.3, -0.25) is 0 Å². The first kappa shape index (κ1) is 26.5. The predicted molar refractivity (Wildman–Crippen MR) is 153 cm³/mol. The van der Waals surface area contributed by atoms with Gasteiger partial charge in [-0.25, -0.2) is 0 Å². The molecule has 2 fully saturated rings. The van der Waals surface area contributed by atoms with Crippen LogP contribution < -0.4 is 0 Å². The summed E-state index contributed by atoms with van der Waals surface area (Å²) in [4.78, 5) is 0. The summed E-state index contributed by atoms with van der Waals surface area (Å²) in [6, 6.07) is 19.4. The molecule has 0 saturated heterocycles. The lowest BCUT2D eigenvalue weighted by Crippen LogP contribution is -2.13. The van der Waals surface area contributed by atoms with Crippen LogP contribution in [-0.4, -0.2) is 0 Å². The Morgan fingerprint density at radius 2 is 0.886 bits per heavy atom. The molecule has 2 saturated carbocycles. The lowest BCUT2D eigenvalue weighted by molar-refractivity contribution is 0.303. The number of hydrogen-bond acceptors (Lipinski definition) is 0. The molecule has 2 aromatic carbocycles. The second-order valence-corrected chi connectivity index (χ2v) is 12.1. The summed E-state index contributed by atoms with van der Waals surface area (Å²) < 4.78 is 0. The average Bonchev–Trinajstić information content (AvgIpc) is 2.92. The first-order valence-electron chi connectivity index (χ1n) is 15.4. The predicted octanol–water partition coefficient (Wildman–Crippen LogP) is 10.8. The maximum absolute atomic E-state index is 2.44. The number of unbranched alkanes of at least 4 members (excludes halogenated alkanes) is 3. The van der Waals surface area contributed by atoms with Crippen molar-refractivity contribution in [2.24, 2.45) is 11.8 Å². The Morgan fingerprint density at radius 1 is 0.486 bits per heavy atom. The van der Waals surface area contributed by atoms with Crippen molar-refractivity contribution in [3.05, 3.63) is 70.8 Å². The summed E-state index contributed by atoms with van der Waals surface area (Å²) in [6.45, 7) is 4.64. The maximum Gasteiger partial charge on any atom is -0.0162 e. The van der Waals surface area contributed by atoms with Gasteiger partial charge in [-0.1, -0.05) is 107 Å². The Hall–Kier alpha value is -1.56. The van der Waals surface area contributed by atoms with Crippen LogP contribution in [0.1, 0.15) is 144 Å². The van der Waals surface area contributed by atoms with Gasteiger partial charge in [0.05, 0.1) is 0 Å². The van der Waals surface area contributed by atoms with E-state index in [9.17, 15) is 0 Å². The zero-order valence-electron chi connectivity index (χ0n) is 22.9. The summed E-state index contributed by atoms with van der Waals surface area (Å²) in [6.07, 6.45) is 23.7. The molecule has 0 heteroatoms. The third-order valence-corrected chi connectivity index (χ3v) is 9.48. The van der Waals surface area contributed by atoms with E-state index >= 15 is 0 Å². The van der Waals surface area contributed by atoms with E-state index in [2.05, 4.69) is 62.4 Å². The Labute approximate surface area is 217 Å². The Morgan fingerprint density at radius 3 is 1.29 bits per heavy atom. The fourth-order valence-electron chi connectivity index (χ4n) is 6.95. The van der Waals surface area contributed by atoms with Gasteiger partial charge >= 0.3 is 0 Å². The first-order chi connectivity index (χ1) is 17.2. The Kier molecular flexibility index (Phi) is 10.8. The minimum Gasteiger partial charge on any atom is -0.0654 e. The SMILES string of the molecule is CCCCCC1CCC(c2ccc(CCc3ccc(C4CCC(CCCC)CC4)cc3)cc2)CC1. The van der Waals surface area contributed by atoms with Gasteiger partial charge in [0.1, 0.15) is 0 Å². The van der Waals surface area contributed by atoms with Crippen molar-refractivity contribution in [2.45, 2.75) is 135 Å². The molecular weight excluding hydrogens is 420 g/mol. The van der Waals surface area contributed by atoms with Gasteiger partial charge in [-0.05, 0) is 110 Å². The van der Waals surface area contributed by atoms with E-state index in [1.54, 1.807) is 11.1 Å². The van der Waals surface area contributed by atoms with E-state index in [0.29, 0.717) is 0 Å². The molecule has 0 aromatic heterocycles. The molecule has 2 aromatic rings. The van der Waals surface area contributed by atoms with Gasteiger partial charge in [0.25, 0.3) is 0 Å². The fraction of sp³-hybridized carbons (Fsp3) is 0.657. The van der Waals surface area contributed by atoms with Crippen LogP contribution in [0.5, 0.6) is 0 Å². The number of rotatable bonds is 12. The van der Waals surface area contributed by atoms with Gasteiger partial charge in [-0.2, -0.15) is 0 Å². The summed E-state index contributed by atoms with van der Waals surface area (Å²) in [5.41, 5.74) is 6.17. The molecule has 0 bridgehead atoms. The van der Waals surface area contributed by atoms with Crippen molar-refractivity contribution in [3.63, 3.8) is 0 Å². The van der Waals surface area contributed by atoms with Gasteiger partial charge < -0.3 is 0 Å². The molecule has 4 rings (SSSR count). The zero-order chi connectivity index (χ0) is 24.3. The number of aryl methyl sites for hydroxylation is 2. The van der Waals surface area contributed by atoms with Crippen molar-refractivity contribution in [2.75, 3.05) is 0 Å². The van der Waals surface area contributed by atoms with Gasteiger partial charge in [0.15, 0.2) is 0 Å². The zero-order valence-corrected chi connectivity index (χ0v) is 22.9. The molecule has 2 aliphatic rings. The number of hydrogen-bond donors (Lipinski definition) is 0. The molecule has 0 heterocycles. The van der Waals surface area contributed by atoms with Crippen molar-refractivity contribution in [1.29, 1.82) is 0 Å². The smallest absolute Gasteiger partial charge is 0.0162 e.